The second-order valence-electron chi connectivity index (χ2n) is 7.10. The van der Waals surface area contributed by atoms with Crippen molar-refractivity contribution in [2.45, 2.75) is 32.8 Å². The first-order valence-corrected chi connectivity index (χ1v) is 9.74. The summed E-state index contributed by atoms with van der Waals surface area (Å²) in [6.45, 7) is 4.85. The number of carbonyl (C=O) groups is 2. The number of guanidine groups is 1. The van der Waals surface area contributed by atoms with E-state index < -0.39 is 0 Å². The highest BCUT2D eigenvalue weighted by atomic mass is 16.5. The fourth-order valence-corrected chi connectivity index (χ4v) is 3.10. The second kappa shape index (κ2) is 9.23. The van der Waals surface area contributed by atoms with Crippen LogP contribution in [0.15, 0.2) is 53.5 Å². The molecule has 3 N–H and O–H groups in total. The van der Waals surface area contributed by atoms with Crippen LogP contribution in [0, 0.1) is 0 Å². The zero-order valence-corrected chi connectivity index (χ0v) is 16.7. The highest BCUT2D eigenvalue weighted by molar-refractivity contribution is 6.21. The Bertz CT molecular complexity index is 872. The lowest BCUT2D eigenvalue weighted by molar-refractivity contribution is 0.0652. The molecule has 7 heteroatoms. The average Bonchev–Trinajstić information content (AvgIpc) is 2.94. The van der Waals surface area contributed by atoms with Gasteiger partial charge in [0.1, 0.15) is 5.75 Å². The Hall–Kier alpha value is -3.35. The lowest BCUT2D eigenvalue weighted by Crippen LogP contribution is -2.30. The van der Waals surface area contributed by atoms with Crippen molar-refractivity contribution in [1.82, 2.24) is 4.90 Å². The minimum Gasteiger partial charge on any atom is -0.491 e. The van der Waals surface area contributed by atoms with E-state index in [2.05, 4.69) is 10.3 Å². The minimum absolute atomic E-state index is 0.126. The Morgan fingerprint density at radius 1 is 1.03 bits per heavy atom. The maximum absolute atomic E-state index is 12.3. The lowest BCUT2D eigenvalue weighted by atomic mass is 10.1. The molecule has 1 heterocycles. The first kappa shape index (κ1) is 20.4. The molecule has 152 valence electrons. The highest BCUT2D eigenvalue weighted by Gasteiger charge is 2.34. The largest absolute Gasteiger partial charge is 0.491 e. The van der Waals surface area contributed by atoms with E-state index in [1.807, 2.05) is 38.1 Å². The van der Waals surface area contributed by atoms with Gasteiger partial charge in [0.15, 0.2) is 5.96 Å². The molecule has 0 bridgehead atoms. The van der Waals surface area contributed by atoms with E-state index in [9.17, 15) is 9.59 Å². The van der Waals surface area contributed by atoms with E-state index in [1.54, 1.807) is 24.3 Å². The molecule has 0 aliphatic carbocycles. The molecule has 29 heavy (non-hydrogen) atoms. The van der Waals surface area contributed by atoms with E-state index in [0.29, 0.717) is 36.6 Å². The van der Waals surface area contributed by atoms with Crippen LogP contribution in [0.3, 0.4) is 0 Å². The average molecular weight is 394 g/mol. The van der Waals surface area contributed by atoms with Crippen LogP contribution in [0.25, 0.3) is 0 Å². The molecule has 2 amide bonds. The third-order valence-corrected chi connectivity index (χ3v) is 4.45. The molecule has 0 radical (unpaired) electrons. The molecule has 2 aromatic carbocycles. The number of carbonyl (C=O) groups excluding carboxylic acids is 2. The van der Waals surface area contributed by atoms with Crippen LogP contribution in [0.1, 0.15) is 47.4 Å². The molecule has 0 unspecified atom stereocenters. The molecule has 0 aromatic heterocycles. The molecule has 0 fully saturated rings. The minimum atomic E-state index is -0.222. The number of aliphatic imine (C=N–C) groups is 1. The van der Waals surface area contributed by atoms with Crippen molar-refractivity contribution in [1.29, 1.82) is 0 Å². The van der Waals surface area contributed by atoms with E-state index in [-0.39, 0.29) is 17.9 Å². The summed E-state index contributed by atoms with van der Waals surface area (Å²) in [5.74, 6) is 0.679. The fraction of sp³-hybridized carbons (Fsp3) is 0.318. The van der Waals surface area contributed by atoms with Crippen LogP contribution in [0.2, 0.25) is 0 Å². The van der Waals surface area contributed by atoms with Gasteiger partial charge < -0.3 is 15.8 Å². The number of amides is 2. The van der Waals surface area contributed by atoms with E-state index in [4.69, 9.17) is 10.5 Å². The normalized spacial score (nSPS) is 13.8. The first-order valence-electron chi connectivity index (χ1n) is 9.74. The standard InChI is InChI=1S/C22H26N4O3/c1-15(2)29-17-11-9-16(10-12-17)25-22(23)24-13-5-6-14-26-20(27)18-7-3-4-8-19(18)21(26)28/h3-4,7-12,15H,5-6,13-14H2,1-2H3,(H3,23,24,25). The Morgan fingerprint density at radius 3 is 2.24 bits per heavy atom. The van der Waals surface area contributed by atoms with Crippen molar-refractivity contribution < 1.29 is 14.3 Å². The van der Waals surface area contributed by atoms with Crippen LogP contribution in [-0.2, 0) is 0 Å². The predicted molar refractivity (Wildman–Crippen MR) is 113 cm³/mol. The van der Waals surface area contributed by atoms with Crippen molar-refractivity contribution in [2.75, 3.05) is 18.4 Å². The number of nitrogens with one attached hydrogen (secondary N) is 1. The number of benzene rings is 2. The van der Waals surface area contributed by atoms with Gasteiger partial charge in [-0.25, -0.2) is 0 Å². The first-order chi connectivity index (χ1) is 14.0. The van der Waals surface area contributed by atoms with Gasteiger partial charge in [-0.15, -0.1) is 0 Å². The number of hydrogen-bond donors (Lipinski definition) is 2. The maximum atomic E-state index is 12.3. The van der Waals surface area contributed by atoms with Crippen molar-refractivity contribution in [3.05, 3.63) is 59.7 Å². The summed E-state index contributed by atoms with van der Waals surface area (Å²) < 4.78 is 5.60. The smallest absolute Gasteiger partial charge is 0.261 e. The number of nitrogens with two attached hydrogens (primary N) is 1. The van der Waals surface area contributed by atoms with Crippen LogP contribution in [0.4, 0.5) is 5.69 Å². The number of imide groups is 1. The summed E-state index contributed by atoms with van der Waals surface area (Å²) in [6, 6.07) is 14.4. The summed E-state index contributed by atoms with van der Waals surface area (Å²) in [5.41, 5.74) is 7.71. The lowest BCUT2D eigenvalue weighted by Gasteiger charge is -2.13. The van der Waals surface area contributed by atoms with E-state index >= 15 is 0 Å². The molecular formula is C22H26N4O3. The zero-order valence-electron chi connectivity index (χ0n) is 16.7. The molecular weight excluding hydrogens is 368 g/mol. The third-order valence-electron chi connectivity index (χ3n) is 4.45. The number of anilines is 1. The van der Waals surface area contributed by atoms with Gasteiger partial charge in [0.25, 0.3) is 11.8 Å². The molecule has 1 aliphatic heterocycles. The molecule has 0 saturated carbocycles. The topological polar surface area (TPSA) is 97.0 Å². The number of nitrogens with zero attached hydrogens (tertiary/aromatic N) is 2. The quantitative estimate of drug-likeness (QED) is 0.310. The Morgan fingerprint density at radius 2 is 1.66 bits per heavy atom. The number of fused-ring (bicyclic) bond motifs is 1. The van der Waals surface area contributed by atoms with Crippen molar-refractivity contribution in [2.24, 2.45) is 10.7 Å². The summed E-state index contributed by atoms with van der Waals surface area (Å²) >= 11 is 0. The number of ether oxygens (including phenoxy) is 1. The summed E-state index contributed by atoms with van der Waals surface area (Å²) in [5, 5.41) is 3.03. The van der Waals surface area contributed by atoms with E-state index in [0.717, 1.165) is 17.9 Å². The molecule has 0 atom stereocenters. The fourth-order valence-electron chi connectivity index (χ4n) is 3.10. The third kappa shape index (κ3) is 5.13. The molecule has 1 aliphatic rings. The molecule has 0 spiro atoms. The number of unbranched alkanes of at least 4 members (excludes halogenated alkanes) is 1. The van der Waals surface area contributed by atoms with Gasteiger partial charge in [-0.2, -0.15) is 0 Å². The van der Waals surface area contributed by atoms with Gasteiger partial charge in [-0.05, 0) is 63.1 Å². The van der Waals surface area contributed by atoms with Crippen molar-refractivity contribution in [3.63, 3.8) is 0 Å². The summed E-state index contributed by atoms with van der Waals surface area (Å²) in [7, 11) is 0. The maximum Gasteiger partial charge on any atom is 0.261 e. The zero-order chi connectivity index (χ0) is 20.8. The number of rotatable bonds is 8. The Balaban J connectivity index is 1.41. The second-order valence-corrected chi connectivity index (χ2v) is 7.10. The summed E-state index contributed by atoms with van der Waals surface area (Å²) in [4.78, 5) is 30.2. The summed E-state index contributed by atoms with van der Waals surface area (Å²) in [6.07, 6.45) is 1.52. The van der Waals surface area contributed by atoms with Gasteiger partial charge in [0.2, 0.25) is 0 Å². The van der Waals surface area contributed by atoms with E-state index in [1.165, 1.54) is 4.90 Å². The molecule has 7 nitrogen and oxygen atoms in total. The van der Waals surface area contributed by atoms with Gasteiger partial charge in [0.05, 0.1) is 17.2 Å². The van der Waals surface area contributed by atoms with Crippen LogP contribution in [-0.4, -0.2) is 41.9 Å². The van der Waals surface area contributed by atoms with Gasteiger partial charge in [0, 0.05) is 18.8 Å². The van der Waals surface area contributed by atoms with Gasteiger partial charge in [-0.1, -0.05) is 12.1 Å². The molecule has 3 rings (SSSR count). The highest BCUT2D eigenvalue weighted by Crippen LogP contribution is 2.22. The van der Waals surface area contributed by atoms with Crippen molar-refractivity contribution in [3.8, 4) is 5.75 Å². The monoisotopic (exact) mass is 394 g/mol. The van der Waals surface area contributed by atoms with Crippen LogP contribution in [0.5, 0.6) is 5.75 Å². The SMILES string of the molecule is CC(C)Oc1ccc(NC(N)=NCCCCN2C(=O)c3ccccc3C2=O)cc1. The van der Waals surface area contributed by atoms with Crippen LogP contribution < -0.4 is 15.8 Å². The van der Waals surface area contributed by atoms with Gasteiger partial charge >= 0.3 is 0 Å². The van der Waals surface area contributed by atoms with Gasteiger partial charge in [-0.3, -0.25) is 19.5 Å². The number of hydrogen-bond acceptors (Lipinski definition) is 4. The Labute approximate surface area is 170 Å². The van der Waals surface area contributed by atoms with Crippen molar-refractivity contribution >= 4 is 23.5 Å². The molecule has 2 aromatic rings. The van der Waals surface area contributed by atoms with Crippen LogP contribution >= 0.6 is 0 Å². The Kier molecular flexibility index (Phi) is 6.49. The predicted octanol–water partition coefficient (Wildman–Crippen LogP) is 3.28. The molecule has 0 saturated heterocycles.